The molecular formula is C23H23ClF2N2O3. The topological polar surface area (TPSA) is 78.4 Å². The number of carbonyl (C=O) groups is 2. The molecule has 0 aromatic heterocycles. The predicted octanol–water partition coefficient (Wildman–Crippen LogP) is 4.97. The summed E-state index contributed by atoms with van der Waals surface area (Å²) in [6.07, 6.45) is 1.02. The van der Waals surface area contributed by atoms with E-state index in [0.29, 0.717) is 30.6 Å². The van der Waals surface area contributed by atoms with E-state index in [0.717, 1.165) is 6.07 Å². The Morgan fingerprint density at radius 1 is 1.32 bits per heavy atom. The van der Waals surface area contributed by atoms with E-state index < -0.39 is 23.0 Å². The minimum Gasteiger partial charge on any atom is -0.478 e. The molecule has 2 aromatic carbocycles. The Bertz CT molecular complexity index is 1110. The largest absolute Gasteiger partial charge is 0.478 e. The van der Waals surface area contributed by atoms with Crippen molar-refractivity contribution in [1.29, 1.82) is 0 Å². The van der Waals surface area contributed by atoms with Crippen LogP contribution in [0.5, 0.6) is 0 Å². The van der Waals surface area contributed by atoms with Gasteiger partial charge < -0.3 is 15.7 Å². The predicted molar refractivity (Wildman–Crippen MR) is 115 cm³/mol. The number of carboxylic acid groups (broad SMARTS) is 1. The molecule has 2 unspecified atom stereocenters. The highest BCUT2D eigenvalue weighted by molar-refractivity contribution is 6.35. The van der Waals surface area contributed by atoms with Crippen molar-refractivity contribution >= 4 is 29.2 Å². The van der Waals surface area contributed by atoms with E-state index in [1.165, 1.54) is 18.2 Å². The molecule has 4 rings (SSSR count). The normalized spacial score (nSPS) is 22.6. The van der Waals surface area contributed by atoms with E-state index >= 15 is 0 Å². The highest BCUT2D eigenvalue weighted by atomic mass is 35.5. The molecule has 8 heteroatoms. The molecule has 1 amide bonds. The number of hydrogen-bond acceptors (Lipinski definition) is 3. The number of anilines is 1. The molecule has 2 heterocycles. The van der Waals surface area contributed by atoms with Gasteiger partial charge in [-0.15, -0.1) is 0 Å². The Balaban J connectivity index is 2.09. The van der Waals surface area contributed by atoms with Crippen LogP contribution in [0.2, 0.25) is 5.02 Å². The van der Waals surface area contributed by atoms with Crippen LogP contribution < -0.4 is 10.6 Å². The summed E-state index contributed by atoms with van der Waals surface area (Å²) in [4.78, 5) is 25.6. The first-order valence-corrected chi connectivity index (χ1v) is 10.4. The zero-order valence-corrected chi connectivity index (χ0v) is 18.2. The van der Waals surface area contributed by atoms with Crippen molar-refractivity contribution in [3.05, 3.63) is 52.0 Å². The maximum atomic E-state index is 14.9. The average molecular weight is 449 g/mol. The molecule has 0 saturated carbocycles. The van der Waals surface area contributed by atoms with E-state index in [4.69, 9.17) is 11.6 Å². The van der Waals surface area contributed by atoms with Gasteiger partial charge in [0.1, 0.15) is 0 Å². The van der Waals surface area contributed by atoms with E-state index in [2.05, 4.69) is 10.6 Å². The first-order chi connectivity index (χ1) is 14.5. The van der Waals surface area contributed by atoms with Gasteiger partial charge in [-0.05, 0) is 36.9 Å². The van der Waals surface area contributed by atoms with Crippen LogP contribution in [0.25, 0.3) is 11.1 Å². The Labute approximate surface area is 183 Å². The third-order valence-electron chi connectivity index (χ3n) is 6.13. The van der Waals surface area contributed by atoms with Crippen LogP contribution in [0, 0.1) is 17.0 Å². The minimum absolute atomic E-state index is 0.0482. The van der Waals surface area contributed by atoms with Gasteiger partial charge in [-0.1, -0.05) is 44.5 Å². The number of halogens is 3. The first-order valence-electron chi connectivity index (χ1n) is 10.1. The Kier molecular flexibility index (Phi) is 5.10. The molecule has 5 nitrogen and oxygen atoms in total. The fourth-order valence-corrected chi connectivity index (χ4v) is 5.24. The number of amides is 1. The lowest BCUT2D eigenvalue weighted by atomic mass is 9.68. The molecule has 164 valence electrons. The van der Waals surface area contributed by atoms with Gasteiger partial charge in [-0.3, -0.25) is 4.79 Å². The summed E-state index contributed by atoms with van der Waals surface area (Å²) < 4.78 is 29.1. The van der Waals surface area contributed by atoms with Gasteiger partial charge in [0.25, 0.3) is 0 Å². The fraction of sp³-hybridized carbons (Fsp3) is 0.391. The summed E-state index contributed by atoms with van der Waals surface area (Å²) in [6, 6.07) is 4.66. The number of hydrogen-bond donors (Lipinski definition) is 3. The summed E-state index contributed by atoms with van der Waals surface area (Å²) in [5.41, 5.74) is -1.18. The van der Waals surface area contributed by atoms with E-state index in [9.17, 15) is 23.5 Å². The van der Waals surface area contributed by atoms with Crippen LogP contribution in [-0.4, -0.2) is 29.6 Å². The molecule has 0 radical (unpaired) electrons. The van der Waals surface area contributed by atoms with Crippen LogP contribution in [-0.2, 0) is 10.2 Å². The average Bonchev–Trinajstić information content (AvgIpc) is 3.17. The third kappa shape index (κ3) is 3.31. The van der Waals surface area contributed by atoms with Crippen LogP contribution in [0.4, 0.5) is 14.5 Å². The summed E-state index contributed by atoms with van der Waals surface area (Å²) in [5.74, 6) is -3.95. The molecule has 2 aliphatic heterocycles. The Morgan fingerprint density at radius 2 is 2.03 bits per heavy atom. The van der Waals surface area contributed by atoms with Crippen molar-refractivity contribution in [2.75, 3.05) is 11.9 Å². The SMILES string of the molecule is CC(C)(C)CC1NCCC12C(=O)Nc1cc(Cl)c(C(=O)O)c(-c3cccc(F)c3F)c12. The van der Waals surface area contributed by atoms with Gasteiger partial charge >= 0.3 is 5.97 Å². The molecule has 2 atom stereocenters. The van der Waals surface area contributed by atoms with Gasteiger partial charge in [0.05, 0.1) is 16.0 Å². The van der Waals surface area contributed by atoms with Crippen molar-refractivity contribution in [2.24, 2.45) is 5.41 Å². The maximum absolute atomic E-state index is 14.9. The standard InChI is InChI=1S/C23H23ClF2N2O3/c1-22(2,3)10-15-23(7-8-27-15)18-14(28-21(23)31)9-12(24)17(20(29)30)16(18)11-5-4-6-13(25)19(11)26/h4-6,9,15,27H,7-8,10H2,1-3H3,(H,28,31)(H,29,30). The minimum atomic E-state index is -1.38. The molecule has 3 N–H and O–H groups in total. The summed E-state index contributed by atoms with van der Waals surface area (Å²) in [6.45, 7) is 6.67. The van der Waals surface area contributed by atoms with Gasteiger partial charge in [-0.2, -0.15) is 0 Å². The first kappa shape index (κ1) is 21.7. The lowest BCUT2D eigenvalue weighted by molar-refractivity contribution is -0.121. The second-order valence-corrected chi connectivity index (χ2v) is 9.79. The quantitative estimate of drug-likeness (QED) is 0.619. The molecule has 1 saturated heterocycles. The Morgan fingerprint density at radius 3 is 2.68 bits per heavy atom. The third-order valence-corrected chi connectivity index (χ3v) is 6.43. The molecule has 31 heavy (non-hydrogen) atoms. The number of rotatable bonds is 3. The van der Waals surface area contributed by atoms with Crippen LogP contribution in [0.15, 0.2) is 24.3 Å². The molecule has 2 aliphatic rings. The number of fused-ring (bicyclic) bond motifs is 2. The smallest absolute Gasteiger partial charge is 0.337 e. The molecule has 2 aromatic rings. The van der Waals surface area contributed by atoms with Crippen molar-refractivity contribution in [3.63, 3.8) is 0 Å². The van der Waals surface area contributed by atoms with Gasteiger partial charge in [0.15, 0.2) is 11.6 Å². The van der Waals surface area contributed by atoms with Gasteiger partial charge in [0, 0.05) is 28.4 Å². The lowest BCUT2D eigenvalue weighted by Gasteiger charge is -2.35. The molecule has 0 bridgehead atoms. The molecule has 0 aliphatic carbocycles. The zero-order valence-electron chi connectivity index (χ0n) is 17.4. The second-order valence-electron chi connectivity index (χ2n) is 9.38. The fourth-order valence-electron chi connectivity index (χ4n) is 4.96. The molecule has 1 fully saturated rings. The number of carboxylic acids is 1. The molecule has 1 spiro atoms. The molecular weight excluding hydrogens is 426 g/mol. The van der Waals surface area contributed by atoms with Crippen LogP contribution in [0.3, 0.4) is 0 Å². The van der Waals surface area contributed by atoms with Crippen LogP contribution in [0.1, 0.15) is 49.5 Å². The lowest BCUT2D eigenvalue weighted by Crippen LogP contribution is -2.47. The van der Waals surface area contributed by atoms with Crippen molar-refractivity contribution in [3.8, 4) is 11.1 Å². The summed E-state index contributed by atoms with van der Waals surface area (Å²) in [5, 5.41) is 16.0. The van der Waals surface area contributed by atoms with Gasteiger partial charge in [-0.25, -0.2) is 13.6 Å². The summed E-state index contributed by atoms with van der Waals surface area (Å²) >= 11 is 6.27. The van der Waals surface area contributed by atoms with Crippen molar-refractivity contribution in [2.45, 2.75) is 45.1 Å². The maximum Gasteiger partial charge on any atom is 0.337 e. The number of nitrogens with one attached hydrogen (secondary N) is 2. The van der Waals surface area contributed by atoms with Crippen molar-refractivity contribution < 1.29 is 23.5 Å². The van der Waals surface area contributed by atoms with Crippen molar-refractivity contribution in [1.82, 2.24) is 5.32 Å². The number of carbonyl (C=O) groups excluding carboxylic acids is 1. The van der Waals surface area contributed by atoms with E-state index in [-0.39, 0.29) is 39.1 Å². The van der Waals surface area contributed by atoms with Gasteiger partial charge in [0.2, 0.25) is 5.91 Å². The highest BCUT2D eigenvalue weighted by Crippen LogP contribution is 2.54. The highest BCUT2D eigenvalue weighted by Gasteiger charge is 2.57. The zero-order chi connectivity index (χ0) is 22.7. The number of aromatic carboxylic acids is 1. The monoisotopic (exact) mass is 448 g/mol. The number of benzene rings is 2. The second kappa shape index (κ2) is 7.28. The van der Waals surface area contributed by atoms with E-state index in [1.807, 2.05) is 20.8 Å². The van der Waals surface area contributed by atoms with E-state index in [1.54, 1.807) is 0 Å². The summed E-state index contributed by atoms with van der Waals surface area (Å²) in [7, 11) is 0. The Hall–Kier alpha value is -2.51. The van der Waals surface area contributed by atoms with Crippen LogP contribution >= 0.6 is 11.6 Å².